The number of carbonyl (C=O) groups is 3. The van der Waals surface area contributed by atoms with Crippen LogP contribution in [-0.2, 0) is 9.59 Å². The Morgan fingerprint density at radius 1 is 1.48 bits per heavy atom. The molecule has 2 N–H and O–H groups in total. The molecule has 1 aliphatic heterocycles. The molecule has 1 saturated heterocycles. The van der Waals surface area contributed by atoms with Crippen LogP contribution in [0.2, 0.25) is 0 Å². The Labute approximate surface area is 124 Å². The molecule has 0 spiro atoms. The molecule has 3 rings (SSSR count). The van der Waals surface area contributed by atoms with E-state index in [9.17, 15) is 14.4 Å². The zero-order valence-electron chi connectivity index (χ0n) is 11.7. The Kier molecular flexibility index (Phi) is 3.16. The summed E-state index contributed by atoms with van der Waals surface area (Å²) in [5, 5.41) is 13.9. The molecule has 0 bridgehead atoms. The summed E-state index contributed by atoms with van der Waals surface area (Å²) in [4.78, 5) is 37.1. The zero-order valence-corrected chi connectivity index (χ0v) is 12.5. The smallest absolute Gasteiger partial charge is 0.323 e. The largest absolute Gasteiger partial charge is 0.325 e. The third kappa shape index (κ3) is 2.48. The summed E-state index contributed by atoms with van der Waals surface area (Å²) >= 11 is 1.23. The van der Waals surface area contributed by atoms with Gasteiger partial charge in [0, 0.05) is 0 Å². The summed E-state index contributed by atoms with van der Waals surface area (Å²) < 4.78 is 0. The van der Waals surface area contributed by atoms with Gasteiger partial charge in [-0.3, -0.25) is 19.8 Å². The van der Waals surface area contributed by atoms with Gasteiger partial charge in [0.2, 0.25) is 11.0 Å². The summed E-state index contributed by atoms with van der Waals surface area (Å²) in [6.07, 6.45) is 1.85. The lowest BCUT2D eigenvalue weighted by Gasteiger charge is -2.20. The van der Waals surface area contributed by atoms with Gasteiger partial charge >= 0.3 is 6.03 Å². The maximum Gasteiger partial charge on any atom is 0.325 e. The molecule has 1 aliphatic carbocycles. The van der Waals surface area contributed by atoms with Crippen LogP contribution in [0.1, 0.15) is 24.8 Å². The maximum absolute atomic E-state index is 12.3. The van der Waals surface area contributed by atoms with E-state index in [1.165, 1.54) is 11.3 Å². The number of hydrogen-bond donors (Lipinski definition) is 2. The van der Waals surface area contributed by atoms with Crippen LogP contribution >= 0.6 is 11.3 Å². The van der Waals surface area contributed by atoms with E-state index in [1.54, 1.807) is 13.8 Å². The molecule has 2 aliphatic rings. The molecule has 8 nitrogen and oxygen atoms in total. The molecular weight excluding hydrogens is 294 g/mol. The van der Waals surface area contributed by atoms with E-state index in [0.29, 0.717) is 5.13 Å². The summed E-state index contributed by atoms with van der Waals surface area (Å²) in [6, 6.07) is -0.516. The quantitative estimate of drug-likeness (QED) is 0.788. The van der Waals surface area contributed by atoms with Crippen molar-refractivity contribution in [3.05, 3.63) is 5.01 Å². The molecule has 2 fully saturated rings. The van der Waals surface area contributed by atoms with Crippen LogP contribution in [0.15, 0.2) is 0 Å². The number of rotatable bonds is 4. The van der Waals surface area contributed by atoms with E-state index in [0.717, 1.165) is 22.7 Å². The third-order valence-electron chi connectivity index (χ3n) is 3.77. The summed E-state index contributed by atoms with van der Waals surface area (Å²) in [7, 11) is 0. The van der Waals surface area contributed by atoms with E-state index in [-0.39, 0.29) is 18.4 Å². The van der Waals surface area contributed by atoms with Crippen molar-refractivity contribution in [2.45, 2.75) is 32.2 Å². The van der Waals surface area contributed by atoms with Gasteiger partial charge in [0.05, 0.1) is 0 Å². The molecular formula is C12H15N5O3S. The summed E-state index contributed by atoms with van der Waals surface area (Å²) in [5.74, 6) is -0.624. The number of hydrogen-bond acceptors (Lipinski definition) is 6. The number of anilines is 1. The van der Waals surface area contributed by atoms with Gasteiger partial charge in [0.1, 0.15) is 17.1 Å². The first kappa shape index (κ1) is 13.9. The van der Waals surface area contributed by atoms with Crippen molar-refractivity contribution < 1.29 is 14.4 Å². The highest BCUT2D eigenvalue weighted by Gasteiger charge is 2.56. The van der Waals surface area contributed by atoms with E-state index in [1.807, 2.05) is 0 Å². The fraction of sp³-hybridized carbons (Fsp3) is 0.583. The average Bonchev–Trinajstić information content (AvgIpc) is 3.16. The minimum absolute atomic E-state index is 0.174. The Morgan fingerprint density at radius 2 is 2.19 bits per heavy atom. The molecule has 4 amide bonds. The molecule has 0 aromatic carbocycles. The lowest BCUT2D eigenvalue weighted by Crippen LogP contribution is -2.46. The lowest BCUT2D eigenvalue weighted by atomic mass is 9.96. The average molecular weight is 309 g/mol. The molecule has 1 unspecified atom stereocenters. The van der Waals surface area contributed by atoms with Crippen LogP contribution in [0.5, 0.6) is 0 Å². The molecule has 0 radical (unpaired) electrons. The fourth-order valence-corrected chi connectivity index (χ4v) is 3.05. The van der Waals surface area contributed by atoms with E-state index in [2.05, 4.69) is 20.8 Å². The number of imide groups is 1. The Balaban J connectivity index is 1.65. The van der Waals surface area contributed by atoms with Crippen molar-refractivity contribution in [1.82, 2.24) is 20.4 Å². The molecule has 21 heavy (non-hydrogen) atoms. The molecule has 1 atom stereocenters. The highest BCUT2D eigenvalue weighted by molar-refractivity contribution is 7.15. The Hall–Kier alpha value is -2.03. The standard InChI is InChI=1S/C12H15N5O3S/c1-6-15-16-10(21-6)13-8(18)5-17-9(19)12(2,7-3-4-7)14-11(17)20/h7H,3-5H2,1-2H3,(H,14,20)(H,13,16,18). The normalized spacial score (nSPS) is 25.1. The molecule has 9 heteroatoms. The van der Waals surface area contributed by atoms with Gasteiger partial charge in [-0.25, -0.2) is 4.79 Å². The second kappa shape index (κ2) is 4.76. The highest BCUT2D eigenvalue weighted by Crippen LogP contribution is 2.42. The van der Waals surface area contributed by atoms with Crippen molar-refractivity contribution in [3.63, 3.8) is 0 Å². The van der Waals surface area contributed by atoms with Gasteiger partial charge < -0.3 is 5.32 Å². The van der Waals surface area contributed by atoms with Gasteiger partial charge in [-0.2, -0.15) is 0 Å². The number of aryl methyl sites for hydroxylation is 1. The number of aromatic nitrogens is 2. The van der Waals surface area contributed by atoms with Gasteiger partial charge in [-0.1, -0.05) is 11.3 Å². The van der Waals surface area contributed by atoms with E-state index >= 15 is 0 Å². The molecule has 2 heterocycles. The molecule has 1 aromatic heterocycles. The number of nitrogens with one attached hydrogen (secondary N) is 2. The van der Waals surface area contributed by atoms with Crippen molar-refractivity contribution >= 4 is 34.3 Å². The van der Waals surface area contributed by atoms with Crippen LogP contribution in [0.4, 0.5) is 9.93 Å². The number of amides is 4. The van der Waals surface area contributed by atoms with Crippen LogP contribution < -0.4 is 10.6 Å². The molecule has 1 saturated carbocycles. The number of nitrogens with zero attached hydrogens (tertiary/aromatic N) is 3. The topological polar surface area (TPSA) is 104 Å². The first-order valence-electron chi connectivity index (χ1n) is 6.64. The second-order valence-electron chi connectivity index (χ2n) is 5.47. The first-order valence-corrected chi connectivity index (χ1v) is 7.46. The van der Waals surface area contributed by atoms with Crippen LogP contribution in [-0.4, -0.2) is 45.0 Å². The fourth-order valence-electron chi connectivity index (χ4n) is 2.45. The van der Waals surface area contributed by atoms with Crippen LogP contribution in [0, 0.1) is 12.8 Å². The van der Waals surface area contributed by atoms with Crippen LogP contribution in [0.3, 0.4) is 0 Å². The first-order chi connectivity index (χ1) is 9.90. The second-order valence-corrected chi connectivity index (χ2v) is 6.65. The predicted octanol–water partition coefficient (Wildman–Crippen LogP) is 0.506. The number of urea groups is 1. The van der Waals surface area contributed by atoms with E-state index < -0.39 is 17.5 Å². The Morgan fingerprint density at radius 3 is 2.76 bits per heavy atom. The monoisotopic (exact) mass is 309 g/mol. The summed E-state index contributed by atoms with van der Waals surface area (Å²) in [5.41, 5.74) is -0.864. The SMILES string of the molecule is Cc1nnc(NC(=O)CN2C(=O)NC(C)(C3CC3)C2=O)s1. The molecule has 112 valence electrons. The van der Waals surface area contributed by atoms with Gasteiger partial charge in [-0.05, 0) is 32.6 Å². The van der Waals surface area contributed by atoms with Gasteiger partial charge in [-0.15, -0.1) is 10.2 Å². The zero-order chi connectivity index (χ0) is 15.2. The highest BCUT2D eigenvalue weighted by atomic mass is 32.1. The lowest BCUT2D eigenvalue weighted by molar-refractivity contribution is -0.134. The summed E-state index contributed by atoms with van der Waals surface area (Å²) in [6.45, 7) is 3.17. The Bertz CT molecular complexity index is 626. The van der Waals surface area contributed by atoms with Gasteiger partial charge in [0.25, 0.3) is 5.91 Å². The van der Waals surface area contributed by atoms with Crippen molar-refractivity contribution in [2.24, 2.45) is 5.92 Å². The van der Waals surface area contributed by atoms with Crippen molar-refractivity contribution in [2.75, 3.05) is 11.9 Å². The predicted molar refractivity (Wildman–Crippen MR) is 74.6 cm³/mol. The van der Waals surface area contributed by atoms with E-state index in [4.69, 9.17) is 0 Å². The molecule has 1 aromatic rings. The number of carbonyl (C=O) groups excluding carboxylic acids is 3. The van der Waals surface area contributed by atoms with Crippen LogP contribution in [0.25, 0.3) is 0 Å². The third-order valence-corrected chi connectivity index (χ3v) is 4.52. The maximum atomic E-state index is 12.3. The minimum atomic E-state index is -0.864. The minimum Gasteiger partial charge on any atom is -0.323 e. The van der Waals surface area contributed by atoms with Gasteiger partial charge in [0.15, 0.2) is 0 Å². The van der Waals surface area contributed by atoms with Crippen molar-refractivity contribution in [3.8, 4) is 0 Å². The van der Waals surface area contributed by atoms with Crippen molar-refractivity contribution in [1.29, 1.82) is 0 Å².